The molecule has 2 fully saturated rings. The molecule has 2 nitrogen and oxygen atoms in total. The predicted octanol–water partition coefficient (Wildman–Crippen LogP) is 2.72. The first-order chi connectivity index (χ1) is 7.15. The molecule has 0 amide bonds. The van der Waals surface area contributed by atoms with Crippen LogP contribution in [0.1, 0.15) is 52.9 Å². The lowest BCUT2D eigenvalue weighted by Gasteiger charge is -2.38. The van der Waals surface area contributed by atoms with E-state index in [1.807, 2.05) is 0 Å². The lowest BCUT2D eigenvalue weighted by atomic mass is 9.67. The molecular formula is C14H29NO. The Morgan fingerprint density at radius 2 is 1.81 bits per heavy atom. The monoisotopic (exact) mass is 227 g/mol. The van der Waals surface area contributed by atoms with Crippen LogP contribution in [0.5, 0.6) is 0 Å². The molecule has 2 N–H and O–H groups in total. The number of rotatable bonds is 2. The van der Waals surface area contributed by atoms with Gasteiger partial charge in [-0.25, -0.2) is 0 Å². The van der Waals surface area contributed by atoms with Crippen LogP contribution in [0.2, 0.25) is 0 Å². The highest BCUT2D eigenvalue weighted by Gasteiger charge is 2.40. The Morgan fingerprint density at radius 1 is 1.19 bits per heavy atom. The van der Waals surface area contributed by atoms with Crippen molar-refractivity contribution in [3.05, 3.63) is 0 Å². The minimum absolute atomic E-state index is 0. The standard InChI is InChI=1S/C14H27N.H2O/c1-4-15-10-9-14(11-15)7-5-13(6-8-14)12(2)3;/h12-13H,4-11H2,1-3H3;1H2. The summed E-state index contributed by atoms with van der Waals surface area (Å²) in [6.07, 6.45) is 7.48. The molecule has 0 radical (unpaired) electrons. The molecule has 2 heteroatoms. The molecule has 0 atom stereocenters. The Bertz CT molecular complexity index is 207. The van der Waals surface area contributed by atoms with Crippen LogP contribution in [0.4, 0.5) is 0 Å². The molecule has 1 saturated heterocycles. The first-order valence-electron chi connectivity index (χ1n) is 6.87. The van der Waals surface area contributed by atoms with Crippen molar-refractivity contribution in [2.45, 2.75) is 52.9 Å². The Morgan fingerprint density at radius 3 is 2.25 bits per heavy atom. The zero-order valence-corrected chi connectivity index (χ0v) is 11.3. The van der Waals surface area contributed by atoms with Crippen molar-refractivity contribution in [3.63, 3.8) is 0 Å². The van der Waals surface area contributed by atoms with Crippen molar-refractivity contribution in [3.8, 4) is 0 Å². The number of nitrogens with zero attached hydrogens (tertiary/aromatic N) is 1. The first-order valence-corrected chi connectivity index (χ1v) is 6.87. The van der Waals surface area contributed by atoms with Gasteiger partial charge < -0.3 is 10.4 Å². The molecule has 2 aliphatic rings. The van der Waals surface area contributed by atoms with E-state index < -0.39 is 0 Å². The van der Waals surface area contributed by atoms with Crippen molar-refractivity contribution in [1.29, 1.82) is 0 Å². The van der Waals surface area contributed by atoms with Crippen LogP contribution in [0.25, 0.3) is 0 Å². The van der Waals surface area contributed by atoms with Crippen LogP contribution in [-0.4, -0.2) is 30.0 Å². The van der Waals surface area contributed by atoms with E-state index in [0.717, 1.165) is 17.3 Å². The van der Waals surface area contributed by atoms with Gasteiger partial charge in [0.2, 0.25) is 0 Å². The zero-order chi connectivity index (χ0) is 10.9. The van der Waals surface area contributed by atoms with Gasteiger partial charge in [-0.2, -0.15) is 0 Å². The molecule has 2 rings (SSSR count). The Balaban J connectivity index is 0.00000128. The maximum absolute atomic E-state index is 2.65. The van der Waals surface area contributed by atoms with Gasteiger partial charge in [0.25, 0.3) is 0 Å². The molecule has 0 aromatic rings. The summed E-state index contributed by atoms with van der Waals surface area (Å²) in [7, 11) is 0. The van der Waals surface area contributed by atoms with Crippen LogP contribution < -0.4 is 0 Å². The van der Waals surface area contributed by atoms with E-state index in [1.54, 1.807) is 0 Å². The third kappa shape index (κ3) is 2.78. The number of hydrogen-bond donors (Lipinski definition) is 0. The summed E-state index contributed by atoms with van der Waals surface area (Å²) in [6.45, 7) is 11.1. The summed E-state index contributed by atoms with van der Waals surface area (Å²) >= 11 is 0. The summed E-state index contributed by atoms with van der Waals surface area (Å²) < 4.78 is 0. The first kappa shape index (κ1) is 14.0. The largest absolute Gasteiger partial charge is 0.412 e. The van der Waals surface area contributed by atoms with Gasteiger partial charge in [-0.05, 0) is 62.4 Å². The van der Waals surface area contributed by atoms with E-state index in [2.05, 4.69) is 25.7 Å². The second-order valence-electron chi connectivity index (χ2n) is 6.20. The average molecular weight is 227 g/mol. The Kier molecular flexibility index (Phi) is 4.81. The summed E-state index contributed by atoms with van der Waals surface area (Å²) in [5.41, 5.74) is 0.738. The maximum atomic E-state index is 2.65. The van der Waals surface area contributed by atoms with E-state index >= 15 is 0 Å². The highest BCUT2D eigenvalue weighted by molar-refractivity contribution is 4.93. The lowest BCUT2D eigenvalue weighted by Crippen LogP contribution is -2.32. The highest BCUT2D eigenvalue weighted by atomic mass is 16.0. The Labute approximate surface area is 101 Å². The normalized spacial score (nSPS) is 35.6. The topological polar surface area (TPSA) is 34.7 Å². The number of likely N-dealkylation sites (tertiary alicyclic amines) is 1. The van der Waals surface area contributed by atoms with Crippen LogP contribution in [0, 0.1) is 17.3 Å². The van der Waals surface area contributed by atoms with Crippen LogP contribution in [0.15, 0.2) is 0 Å². The van der Waals surface area contributed by atoms with Crippen LogP contribution in [0.3, 0.4) is 0 Å². The molecule has 1 spiro atoms. The highest BCUT2D eigenvalue weighted by Crippen LogP contribution is 2.46. The second kappa shape index (κ2) is 5.50. The van der Waals surface area contributed by atoms with Crippen molar-refractivity contribution < 1.29 is 5.48 Å². The van der Waals surface area contributed by atoms with Gasteiger partial charge in [0.05, 0.1) is 0 Å². The fourth-order valence-electron chi connectivity index (χ4n) is 3.62. The molecule has 0 unspecified atom stereocenters. The Hall–Kier alpha value is -0.0800. The maximum Gasteiger partial charge on any atom is 0.00383 e. The van der Waals surface area contributed by atoms with Crippen LogP contribution >= 0.6 is 0 Å². The molecule has 96 valence electrons. The van der Waals surface area contributed by atoms with E-state index in [4.69, 9.17) is 0 Å². The van der Waals surface area contributed by atoms with Crippen molar-refractivity contribution in [2.24, 2.45) is 17.3 Å². The summed E-state index contributed by atoms with van der Waals surface area (Å²) in [5, 5.41) is 0. The molecule has 0 bridgehead atoms. The number of hydrogen-bond acceptors (Lipinski definition) is 1. The third-order valence-electron chi connectivity index (χ3n) is 5.00. The molecular weight excluding hydrogens is 198 g/mol. The van der Waals surface area contributed by atoms with Crippen LogP contribution in [-0.2, 0) is 0 Å². The van der Waals surface area contributed by atoms with Gasteiger partial charge in [-0.15, -0.1) is 0 Å². The quantitative estimate of drug-likeness (QED) is 0.714. The lowest BCUT2D eigenvalue weighted by molar-refractivity contribution is 0.130. The third-order valence-corrected chi connectivity index (χ3v) is 5.00. The average Bonchev–Trinajstić information content (AvgIpc) is 2.62. The SMILES string of the molecule is CCN1CCC2(CCC(C(C)C)CC2)C1.O. The van der Waals surface area contributed by atoms with E-state index in [-0.39, 0.29) is 5.48 Å². The molecule has 1 saturated carbocycles. The van der Waals surface area contributed by atoms with Gasteiger partial charge in [0.15, 0.2) is 0 Å². The fourth-order valence-corrected chi connectivity index (χ4v) is 3.62. The van der Waals surface area contributed by atoms with Crippen molar-refractivity contribution >= 4 is 0 Å². The zero-order valence-electron chi connectivity index (χ0n) is 11.3. The van der Waals surface area contributed by atoms with Gasteiger partial charge in [0, 0.05) is 6.54 Å². The van der Waals surface area contributed by atoms with Gasteiger partial charge in [-0.1, -0.05) is 20.8 Å². The van der Waals surface area contributed by atoms with Gasteiger partial charge in [-0.3, -0.25) is 0 Å². The summed E-state index contributed by atoms with van der Waals surface area (Å²) in [5.74, 6) is 1.93. The summed E-state index contributed by atoms with van der Waals surface area (Å²) in [6, 6.07) is 0. The molecule has 0 aromatic carbocycles. The molecule has 16 heavy (non-hydrogen) atoms. The minimum atomic E-state index is 0. The molecule has 1 aliphatic carbocycles. The van der Waals surface area contributed by atoms with E-state index in [9.17, 15) is 0 Å². The second-order valence-corrected chi connectivity index (χ2v) is 6.20. The fraction of sp³-hybridized carbons (Fsp3) is 1.00. The van der Waals surface area contributed by atoms with Gasteiger partial charge >= 0.3 is 0 Å². The minimum Gasteiger partial charge on any atom is -0.412 e. The van der Waals surface area contributed by atoms with E-state index in [1.165, 1.54) is 51.7 Å². The molecule has 0 aromatic heterocycles. The van der Waals surface area contributed by atoms with Gasteiger partial charge in [0.1, 0.15) is 0 Å². The molecule has 1 aliphatic heterocycles. The summed E-state index contributed by atoms with van der Waals surface area (Å²) in [4.78, 5) is 2.65. The molecule has 1 heterocycles. The smallest absolute Gasteiger partial charge is 0.00383 e. The van der Waals surface area contributed by atoms with Crippen molar-refractivity contribution in [2.75, 3.05) is 19.6 Å². The van der Waals surface area contributed by atoms with Crippen molar-refractivity contribution in [1.82, 2.24) is 4.90 Å². The van der Waals surface area contributed by atoms with E-state index in [0.29, 0.717) is 0 Å². The predicted molar refractivity (Wildman–Crippen MR) is 69.6 cm³/mol.